The number of piperidine rings is 1. The van der Waals surface area contributed by atoms with Crippen LogP contribution in [0.4, 0.5) is 5.13 Å². The maximum absolute atomic E-state index is 12.2. The lowest BCUT2D eigenvalue weighted by atomic mass is 9.78. The van der Waals surface area contributed by atoms with E-state index in [1.54, 1.807) is 16.8 Å². The van der Waals surface area contributed by atoms with Gasteiger partial charge in [-0.1, -0.05) is 11.3 Å². The van der Waals surface area contributed by atoms with Crippen LogP contribution in [0, 0.1) is 11.3 Å². The van der Waals surface area contributed by atoms with Gasteiger partial charge in [-0.3, -0.25) is 4.79 Å². The van der Waals surface area contributed by atoms with Gasteiger partial charge < -0.3 is 15.0 Å². The van der Waals surface area contributed by atoms with Crippen molar-refractivity contribution in [3.05, 3.63) is 5.51 Å². The van der Waals surface area contributed by atoms with Crippen LogP contribution >= 0.6 is 11.3 Å². The van der Waals surface area contributed by atoms with Gasteiger partial charge in [-0.25, -0.2) is 0 Å². The van der Waals surface area contributed by atoms with Gasteiger partial charge in [-0.2, -0.15) is 0 Å². The van der Waals surface area contributed by atoms with Gasteiger partial charge >= 0.3 is 0 Å². The van der Waals surface area contributed by atoms with Crippen molar-refractivity contribution in [2.24, 2.45) is 11.3 Å². The van der Waals surface area contributed by atoms with Crippen LogP contribution in [0.3, 0.4) is 0 Å². The summed E-state index contributed by atoms with van der Waals surface area (Å²) in [5.74, 6) is 0.790. The normalized spacial score (nSPS) is 31.6. The summed E-state index contributed by atoms with van der Waals surface area (Å²) in [6.07, 6.45) is 5.33. The molecule has 2 saturated heterocycles. The second kappa shape index (κ2) is 5.77. The number of hydrogen-bond acceptors (Lipinski definition) is 6. The van der Waals surface area contributed by atoms with Crippen molar-refractivity contribution in [1.82, 2.24) is 15.5 Å². The minimum absolute atomic E-state index is 0.0804. The number of rotatable bonds is 4. The smallest absolute Gasteiger partial charge is 0.249 e. The van der Waals surface area contributed by atoms with Crippen molar-refractivity contribution >= 4 is 22.4 Å². The SMILES string of the molecule is O=C(NCC1CC1)[C@@H]1C[C@]2(CCCN(c3nncs3)C2)CO1. The fraction of sp³-hybridized carbons (Fsp3) is 0.800. The summed E-state index contributed by atoms with van der Waals surface area (Å²) in [5.41, 5.74) is 1.88. The Morgan fingerprint density at radius 1 is 1.55 bits per heavy atom. The molecule has 2 atom stereocenters. The Balaban J connectivity index is 1.36. The number of hydrogen-bond donors (Lipinski definition) is 1. The van der Waals surface area contributed by atoms with Gasteiger partial charge in [0.05, 0.1) is 6.61 Å². The first-order chi connectivity index (χ1) is 10.7. The fourth-order valence-electron chi connectivity index (χ4n) is 3.60. The largest absolute Gasteiger partial charge is 0.368 e. The van der Waals surface area contributed by atoms with E-state index in [1.807, 2.05) is 0 Å². The van der Waals surface area contributed by atoms with Crippen molar-refractivity contribution in [1.29, 1.82) is 0 Å². The Morgan fingerprint density at radius 2 is 2.45 bits per heavy atom. The Morgan fingerprint density at radius 3 is 3.23 bits per heavy atom. The molecule has 0 unspecified atom stereocenters. The Hall–Kier alpha value is -1.21. The molecule has 0 bridgehead atoms. The summed E-state index contributed by atoms with van der Waals surface area (Å²) in [6.45, 7) is 3.45. The molecule has 1 N–H and O–H groups in total. The standard InChI is InChI=1S/C15H22N4O2S/c20-13(16-7-11-2-3-11)12-6-15(9-21-12)4-1-5-19(8-15)14-18-17-10-22-14/h10-12H,1-9H2,(H,16,20)/t12-,15-/m0/s1. The molecule has 1 aromatic rings. The molecule has 4 rings (SSSR count). The van der Waals surface area contributed by atoms with E-state index in [2.05, 4.69) is 20.4 Å². The summed E-state index contributed by atoms with van der Waals surface area (Å²) in [5, 5.41) is 12.1. The van der Waals surface area contributed by atoms with Crippen LogP contribution < -0.4 is 10.2 Å². The molecule has 6 nitrogen and oxygen atoms in total. The number of anilines is 1. The van der Waals surface area contributed by atoms with E-state index in [-0.39, 0.29) is 17.4 Å². The lowest BCUT2D eigenvalue weighted by Crippen LogP contribution is -2.44. The predicted octanol–water partition coefficient (Wildman–Crippen LogP) is 1.44. The maximum Gasteiger partial charge on any atom is 0.249 e. The van der Waals surface area contributed by atoms with E-state index < -0.39 is 0 Å². The first kappa shape index (κ1) is 14.4. The van der Waals surface area contributed by atoms with E-state index in [1.165, 1.54) is 12.8 Å². The monoisotopic (exact) mass is 322 g/mol. The number of nitrogens with zero attached hydrogens (tertiary/aromatic N) is 3. The second-order valence-electron chi connectivity index (χ2n) is 6.94. The number of ether oxygens (including phenoxy) is 1. The number of amides is 1. The van der Waals surface area contributed by atoms with Crippen molar-refractivity contribution in [3.63, 3.8) is 0 Å². The van der Waals surface area contributed by atoms with Crippen molar-refractivity contribution in [2.45, 2.75) is 38.2 Å². The lowest BCUT2D eigenvalue weighted by Gasteiger charge is -2.39. The highest BCUT2D eigenvalue weighted by molar-refractivity contribution is 7.13. The minimum atomic E-state index is -0.270. The molecule has 3 aliphatic rings. The zero-order chi connectivity index (χ0) is 15.0. The highest BCUT2D eigenvalue weighted by Crippen LogP contribution is 2.42. The van der Waals surface area contributed by atoms with Gasteiger partial charge in [-0.05, 0) is 38.0 Å². The van der Waals surface area contributed by atoms with Crippen molar-refractivity contribution in [3.8, 4) is 0 Å². The summed E-state index contributed by atoms with van der Waals surface area (Å²) >= 11 is 1.58. The third kappa shape index (κ3) is 2.96. The first-order valence-electron chi connectivity index (χ1n) is 8.15. The molecule has 1 aromatic heterocycles. The molecular formula is C15H22N4O2S. The van der Waals surface area contributed by atoms with Crippen LogP contribution in [0.15, 0.2) is 5.51 Å². The average Bonchev–Trinajstić information content (AvgIpc) is 3.03. The molecule has 0 radical (unpaired) electrons. The van der Waals surface area contributed by atoms with Crippen LogP contribution in [0.2, 0.25) is 0 Å². The zero-order valence-corrected chi connectivity index (χ0v) is 13.5. The van der Waals surface area contributed by atoms with Gasteiger partial charge in [0.2, 0.25) is 11.0 Å². The Labute approximate surface area is 134 Å². The summed E-state index contributed by atoms with van der Waals surface area (Å²) in [7, 11) is 0. The minimum Gasteiger partial charge on any atom is -0.368 e. The summed E-state index contributed by atoms with van der Waals surface area (Å²) in [6, 6.07) is 0. The van der Waals surface area contributed by atoms with Crippen LogP contribution in [0.5, 0.6) is 0 Å². The van der Waals surface area contributed by atoms with Gasteiger partial charge in [0.15, 0.2) is 0 Å². The van der Waals surface area contributed by atoms with Crippen LogP contribution in [0.1, 0.15) is 32.1 Å². The van der Waals surface area contributed by atoms with E-state index in [0.717, 1.165) is 44.0 Å². The van der Waals surface area contributed by atoms with Crippen LogP contribution in [-0.4, -0.2) is 48.4 Å². The molecule has 3 fully saturated rings. The molecule has 3 heterocycles. The van der Waals surface area contributed by atoms with Gasteiger partial charge in [0.25, 0.3) is 0 Å². The van der Waals surface area contributed by atoms with E-state index >= 15 is 0 Å². The van der Waals surface area contributed by atoms with Gasteiger partial charge in [-0.15, -0.1) is 10.2 Å². The van der Waals surface area contributed by atoms with Crippen LogP contribution in [-0.2, 0) is 9.53 Å². The molecule has 2 aliphatic heterocycles. The fourth-order valence-corrected chi connectivity index (χ4v) is 4.19. The van der Waals surface area contributed by atoms with Crippen LogP contribution in [0.25, 0.3) is 0 Å². The number of nitrogens with one attached hydrogen (secondary N) is 1. The molecule has 22 heavy (non-hydrogen) atoms. The molecular weight excluding hydrogens is 300 g/mol. The Kier molecular flexibility index (Phi) is 3.78. The van der Waals surface area contributed by atoms with Gasteiger partial charge in [0, 0.05) is 25.0 Å². The Bertz CT molecular complexity index is 534. The maximum atomic E-state index is 12.2. The molecule has 1 spiro atoms. The quantitative estimate of drug-likeness (QED) is 0.908. The number of carbonyl (C=O) groups excluding carboxylic acids is 1. The van der Waals surface area contributed by atoms with E-state index in [9.17, 15) is 4.79 Å². The third-order valence-corrected chi connectivity index (χ3v) is 5.79. The van der Waals surface area contributed by atoms with Crippen molar-refractivity contribution in [2.75, 3.05) is 31.1 Å². The molecule has 1 amide bonds. The predicted molar refractivity (Wildman–Crippen MR) is 83.9 cm³/mol. The number of carbonyl (C=O) groups is 1. The average molecular weight is 322 g/mol. The highest BCUT2D eigenvalue weighted by atomic mass is 32.1. The highest BCUT2D eigenvalue weighted by Gasteiger charge is 2.46. The zero-order valence-electron chi connectivity index (χ0n) is 12.7. The topological polar surface area (TPSA) is 67.4 Å². The molecule has 7 heteroatoms. The van der Waals surface area contributed by atoms with Crippen molar-refractivity contribution < 1.29 is 9.53 Å². The first-order valence-corrected chi connectivity index (χ1v) is 9.03. The second-order valence-corrected chi connectivity index (χ2v) is 7.75. The molecule has 1 saturated carbocycles. The molecule has 120 valence electrons. The number of aromatic nitrogens is 2. The third-order valence-electron chi connectivity index (χ3n) is 5.04. The molecule has 0 aromatic carbocycles. The lowest BCUT2D eigenvalue weighted by molar-refractivity contribution is -0.130. The van der Waals surface area contributed by atoms with E-state index in [4.69, 9.17) is 4.74 Å². The molecule has 1 aliphatic carbocycles. The van der Waals surface area contributed by atoms with E-state index in [0.29, 0.717) is 12.5 Å². The summed E-state index contributed by atoms with van der Waals surface area (Å²) in [4.78, 5) is 14.5. The van der Waals surface area contributed by atoms with Gasteiger partial charge in [0.1, 0.15) is 11.6 Å². The summed E-state index contributed by atoms with van der Waals surface area (Å²) < 4.78 is 5.86.